The van der Waals surface area contributed by atoms with E-state index in [1.165, 1.54) is 5.69 Å². The van der Waals surface area contributed by atoms with Crippen LogP contribution in [0.3, 0.4) is 0 Å². The number of pyridine rings is 1. The van der Waals surface area contributed by atoms with Crippen molar-refractivity contribution in [1.82, 2.24) is 4.98 Å². The lowest BCUT2D eigenvalue weighted by molar-refractivity contribution is 0.281. The van der Waals surface area contributed by atoms with Gasteiger partial charge in [0.25, 0.3) is 0 Å². The highest BCUT2D eigenvalue weighted by molar-refractivity contribution is 5.50. The molecule has 1 heterocycles. The lowest BCUT2D eigenvalue weighted by Gasteiger charge is -2.23. The Balaban J connectivity index is 2.20. The van der Waals surface area contributed by atoms with Gasteiger partial charge >= 0.3 is 0 Å². The molecule has 2 rings (SSSR count). The second kappa shape index (κ2) is 6.34. The standard InChI is InChI=1S/C16H20N2O/c1-3-18(11-15-6-4-5-9-17-15)16-8-7-14(12-19)13(2)10-16/h4-10,19H,3,11-12H2,1-2H3. The summed E-state index contributed by atoms with van der Waals surface area (Å²) in [5.74, 6) is 0. The molecule has 0 amide bonds. The number of aliphatic hydroxyl groups is 1. The van der Waals surface area contributed by atoms with Gasteiger partial charge in [-0.05, 0) is 49.2 Å². The fraction of sp³-hybridized carbons (Fsp3) is 0.312. The third-order valence-corrected chi connectivity index (χ3v) is 3.32. The number of benzene rings is 1. The Hall–Kier alpha value is -1.87. The summed E-state index contributed by atoms with van der Waals surface area (Å²) in [5, 5.41) is 9.22. The molecule has 0 fully saturated rings. The molecule has 1 aromatic carbocycles. The van der Waals surface area contributed by atoms with E-state index in [-0.39, 0.29) is 6.61 Å². The van der Waals surface area contributed by atoms with Crippen molar-refractivity contribution in [2.45, 2.75) is 27.0 Å². The summed E-state index contributed by atoms with van der Waals surface area (Å²) in [6.07, 6.45) is 1.82. The van der Waals surface area contributed by atoms with Crippen molar-refractivity contribution < 1.29 is 5.11 Å². The van der Waals surface area contributed by atoms with Crippen molar-refractivity contribution in [1.29, 1.82) is 0 Å². The van der Waals surface area contributed by atoms with E-state index in [9.17, 15) is 5.11 Å². The monoisotopic (exact) mass is 256 g/mol. The van der Waals surface area contributed by atoms with Crippen LogP contribution in [0.4, 0.5) is 5.69 Å². The molecule has 0 spiro atoms. The van der Waals surface area contributed by atoms with Crippen LogP contribution in [-0.2, 0) is 13.2 Å². The molecule has 2 aromatic rings. The number of hydrogen-bond acceptors (Lipinski definition) is 3. The maximum absolute atomic E-state index is 9.22. The van der Waals surface area contributed by atoms with Gasteiger partial charge in [0.05, 0.1) is 18.8 Å². The van der Waals surface area contributed by atoms with Crippen molar-refractivity contribution in [3.63, 3.8) is 0 Å². The predicted molar refractivity (Wildman–Crippen MR) is 78.1 cm³/mol. The molecule has 0 aliphatic heterocycles. The minimum atomic E-state index is 0.0957. The molecule has 0 bridgehead atoms. The summed E-state index contributed by atoms with van der Waals surface area (Å²) in [6.45, 7) is 5.99. The Morgan fingerprint density at radius 3 is 2.63 bits per heavy atom. The van der Waals surface area contributed by atoms with E-state index in [0.717, 1.165) is 29.9 Å². The molecular formula is C16H20N2O. The maximum atomic E-state index is 9.22. The van der Waals surface area contributed by atoms with E-state index in [1.54, 1.807) is 0 Å². The topological polar surface area (TPSA) is 36.4 Å². The number of rotatable bonds is 5. The van der Waals surface area contributed by atoms with E-state index in [0.29, 0.717) is 0 Å². The van der Waals surface area contributed by atoms with Gasteiger partial charge in [-0.15, -0.1) is 0 Å². The van der Waals surface area contributed by atoms with Gasteiger partial charge < -0.3 is 10.0 Å². The van der Waals surface area contributed by atoms with Gasteiger partial charge in [0, 0.05) is 18.4 Å². The number of nitrogens with zero attached hydrogens (tertiary/aromatic N) is 2. The molecule has 1 aromatic heterocycles. The maximum Gasteiger partial charge on any atom is 0.0684 e. The summed E-state index contributed by atoms with van der Waals surface area (Å²) in [7, 11) is 0. The van der Waals surface area contributed by atoms with Crippen LogP contribution < -0.4 is 4.90 Å². The van der Waals surface area contributed by atoms with Crippen LogP contribution in [0.1, 0.15) is 23.7 Å². The molecule has 1 N–H and O–H groups in total. The van der Waals surface area contributed by atoms with Crippen LogP contribution in [0.5, 0.6) is 0 Å². The molecule has 0 aliphatic carbocycles. The van der Waals surface area contributed by atoms with Crippen molar-refractivity contribution in [3.05, 3.63) is 59.4 Å². The number of aliphatic hydroxyl groups excluding tert-OH is 1. The first-order valence-corrected chi connectivity index (χ1v) is 6.60. The van der Waals surface area contributed by atoms with Gasteiger partial charge in [0.15, 0.2) is 0 Å². The van der Waals surface area contributed by atoms with Crippen molar-refractivity contribution in [2.75, 3.05) is 11.4 Å². The van der Waals surface area contributed by atoms with Crippen molar-refractivity contribution in [3.8, 4) is 0 Å². The zero-order chi connectivity index (χ0) is 13.7. The van der Waals surface area contributed by atoms with Gasteiger partial charge in [-0.2, -0.15) is 0 Å². The number of aryl methyl sites for hydroxylation is 1. The normalized spacial score (nSPS) is 10.5. The average Bonchev–Trinajstić information content (AvgIpc) is 2.46. The first kappa shape index (κ1) is 13.6. The Morgan fingerprint density at radius 2 is 2.05 bits per heavy atom. The van der Waals surface area contributed by atoms with Crippen molar-refractivity contribution >= 4 is 5.69 Å². The molecule has 0 saturated heterocycles. The lowest BCUT2D eigenvalue weighted by Crippen LogP contribution is -2.22. The smallest absolute Gasteiger partial charge is 0.0684 e. The molecule has 0 atom stereocenters. The first-order valence-electron chi connectivity index (χ1n) is 6.60. The van der Waals surface area contributed by atoms with Crippen LogP contribution in [0.15, 0.2) is 42.6 Å². The lowest BCUT2D eigenvalue weighted by atomic mass is 10.1. The minimum Gasteiger partial charge on any atom is -0.392 e. The van der Waals surface area contributed by atoms with E-state index in [4.69, 9.17) is 0 Å². The van der Waals surface area contributed by atoms with E-state index >= 15 is 0 Å². The highest BCUT2D eigenvalue weighted by Gasteiger charge is 2.07. The Morgan fingerprint density at radius 1 is 1.21 bits per heavy atom. The molecule has 0 saturated carbocycles. The molecule has 19 heavy (non-hydrogen) atoms. The summed E-state index contributed by atoms with van der Waals surface area (Å²) in [5.41, 5.74) is 4.34. The van der Waals surface area contributed by atoms with Gasteiger partial charge in [-0.25, -0.2) is 0 Å². The Bertz CT molecular complexity index is 526. The summed E-state index contributed by atoms with van der Waals surface area (Å²) >= 11 is 0. The SMILES string of the molecule is CCN(Cc1ccccn1)c1ccc(CO)c(C)c1. The average molecular weight is 256 g/mol. The molecular weight excluding hydrogens is 236 g/mol. The van der Waals surface area contributed by atoms with E-state index in [1.807, 2.05) is 37.4 Å². The van der Waals surface area contributed by atoms with Crippen LogP contribution >= 0.6 is 0 Å². The highest BCUT2D eigenvalue weighted by Crippen LogP contribution is 2.20. The van der Waals surface area contributed by atoms with Crippen molar-refractivity contribution in [2.24, 2.45) is 0 Å². The fourth-order valence-electron chi connectivity index (χ4n) is 2.13. The molecule has 3 nitrogen and oxygen atoms in total. The zero-order valence-corrected chi connectivity index (χ0v) is 11.5. The zero-order valence-electron chi connectivity index (χ0n) is 11.5. The minimum absolute atomic E-state index is 0.0957. The predicted octanol–water partition coefficient (Wildman–Crippen LogP) is 2.91. The van der Waals surface area contributed by atoms with Gasteiger partial charge in [-0.1, -0.05) is 12.1 Å². The third-order valence-electron chi connectivity index (χ3n) is 3.32. The second-order valence-electron chi connectivity index (χ2n) is 4.60. The highest BCUT2D eigenvalue weighted by atomic mass is 16.3. The number of hydrogen-bond donors (Lipinski definition) is 1. The quantitative estimate of drug-likeness (QED) is 0.893. The summed E-state index contributed by atoms with van der Waals surface area (Å²) in [6, 6.07) is 12.2. The van der Waals surface area contributed by atoms with E-state index < -0.39 is 0 Å². The number of anilines is 1. The van der Waals surface area contributed by atoms with Crippen LogP contribution in [0.25, 0.3) is 0 Å². The molecule has 0 aliphatic rings. The fourth-order valence-corrected chi connectivity index (χ4v) is 2.13. The molecule has 0 radical (unpaired) electrons. The van der Waals surface area contributed by atoms with Crippen LogP contribution in [0.2, 0.25) is 0 Å². The Labute approximate surface area is 114 Å². The van der Waals surface area contributed by atoms with Crippen LogP contribution in [0, 0.1) is 6.92 Å². The number of aromatic nitrogens is 1. The first-order chi connectivity index (χ1) is 9.24. The molecule has 3 heteroatoms. The van der Waals surface area contributed by atoms with Gasteiger partial charge in [0.1, 0.15) is 0 Å². The van der Waals surface area contributed by atoms with Gasteiger partial charge in [-0.3, -0.25) is 4.98 Å². The van der Waals surface area contributed by atoms with Crippen LogP contribution in [-0.4, -0.2) is 16.6 Å². The third kappa shape index (κ3) is 3.32. The second-order valence-corrected chi connectivity index (χ2v) is 4.60. The van der Waals surface area contributed by atoms with Gasteiger partial charge in [0.2, 0.25) is 0 Å². The molecule has 100 valence electrons. The molecule has 0 unspecified atom stereocenters. The van der Waals surface area contributed by atoms with E-state index in [2.05, 4.69) is 28.9 Å². The largest absolute Gasteiger partial charge is 0.392 e. The summed E-state index contributed by atoms with van der Waals surface area (Å²) < 4.78 is 0. The Kier molecular flexibility index (Phi) is 4.53. The summed E-state index contributed by atoms with van der Waals surface area (Å²) in [4.78, 5) is 6.64.